The summed E-state index contributed by atoms with van der Waals surface area (Å²) in [5.41, 5.74) is 3.83. The molecule has 1 atom stereocenters. The molecular weight excluding hydrogens is 358 g/mol. The first kappa shape index (κ1) is 19.4. The van der Waals surface area contributed by atoms with Crippen LogP contribution in [0, 0.1) is 18.3 Å². The van der Waals surface area contributed by atoms with E-state index < -0.39 is 0 Å². The minimum Gasteiger partial charge on any atom is -0.493 e. The van der Waals surface area contributed by atoms with Crippen LogP contribution >= 0.6 is 11.3 Å². The average Bonchev–Trinajstić information content (AvgIpc) is 3.00. The third kappa shape index (κ3) is 4.15. The van der Waals surface area contributed by atoms with E-state index in [2.05, 4.69) is 16.7 Å². The molecule has 6 heteroatoms. The summed E-state index contributed by atoms with van der Waals surface area (Å²) in [6, 6.07) is 8.31. The van der Waals surface area contributed by atoms with Crippen LogP contribution in [0.3, 0.4) is 0 Å². The van der Waals surface area contributed by atoms with E-state index >= 15 is 0 Å². The third-order valence-corrected chi connectivity index (χ3v) is 5.99. The van der Waals surface area contributed by atoms with Gasteiger partial charge in [0.2, 0.25) is 5.91 Å². The zero-order chi connectivity index (χ0) is 19.4. The number of aryl methyl sites for hydroxylation is 1. The van der Waals surface area contributed by atoms with Crippen molar-refractivity contribution in [2.24, 2.45) is 0 Å². The van der Waals surface area contributed by atoms with Crippen LogP contribution < -0.4 is 15.4 Å². The van der Waals surface area contributed by atoms with E-state index in [-0.39, 0.29) is 11.8 Å². The van der Waals surface area contributed by atoms with Crippen molar-refractivity contribution in [3.8, 4) is 11.8 Å². The normalized spacial score (nSPS) is 14.1. The number of thiophene rings is 1. The van der Waals surface area contributed by atoms with E-state index in [1.54, 1.807) is 0 Å². The van der Waals surface area contributed by atoms with Gasteiger partial charge in [-0.05, 0) is 49.4 Å². The number of rotatable bonds is 6. The van der Waals surface area contributed by atoms with Gasteiger partial charge in [-0.15, -0.1) is 11.3 Å². The fourth-order valence-electron chi connectivity index (χ4n) is 3.51. The van der Waals surface area contributed by atoms with Crippen LogP contribution in [0.15, 0.2) is 18.2 Å². The Morgan fingerprint density at radius 2 is 2.30 bits per heavy atom. The van der Waals surface area contributed by atoms with Gasteiger partial charge < -0.3 is 15.4 Å². The van der Waals surface area contributed by atoms with Gasteiger partial charge in [-0.25, -0.2) is 0 Å². The maximum atomic E-state index is 12.7. The summed E-state index contributed by atoms with van der Waals surface area (Å²) >= 11 is 1.51. The lowest BCUT2D eigenvalue weighted by atomic mass is 9.94. The lowest BCUT2D eigenvalue weighted by molar-refractivity contribution is -0.116. The predicted molar refractivity (Wildman–Crippen MR) is 108 cm³/mol. The molecule has 0 fully saturated rings. The van der Waals surface area contributed by atoms with Crippen LogP contribution in [0.1, 0.15) is 53.3 Å². The second kappa shape index (κ2) is 8.55. The number of nitrogens with zero attached hydrogens (tertiary/aromatic N) is 1. The molecule has 2 aromatic rings. The summed E-state index contributed by atoms with van der Waals surface area (Å²) in [7, 11) is 0. The second-order valence-electron chi connectivity index (χ2n) is 6.83. The van der Waals surface area contributed by atoms with Crippen LogP contribution in [-0.2, 0) is 17.8 Å². The number of ether oxygens (including phenoxy) is 1. The van der Waals surface area contributed by atoms with Crippen molar-refractivity contribution in [3.05, 3.63) is 45.3 Å². The van der Waals surface area contributed by atoms with Crippen LogP contribution in [0.2, 0.25) is 0 Å². The summed E-state index contributed by atoms with van der Waals surface area (Å²) in [5.74, 6) is 0.818. The fourth-order valence-corrected chi connectivity index (χ4v) is 4.70. The van der Waals surface area contributed by atoms with Crippen molar-refractivity contribution < 1.29 is 9.53 Å². The van der Waals surface area contributed by atoms with Gasteiger partial charge in [0, 0.05) is 17.8 Å². The smallest absolute Gasteiger partial charge is 0.225 e. The highest BCUT2D eigenvalue weighted by Crippen LogP contribution is 2.36. The first-order valence-corrected chi connectivity index (χ1v) is 10.1. The van der Waals surface area contributed by atoms with Gasteiger partial charge in [0.15, 0.2) is 0 Å². The van der Waals surface area contributed by atoms with Gasteiger partial charge in [-0.3, -0.25) is 4.79 Å². The number of nitriles is 1. The van der Waals surface area contributed by atoms with E-state index in [1.807, 2.05) is 39.0 Å². The Bertz CT molecular complexity index is 882. The van der Waals surface area contributed by atoms with E-state index in [0.29, 0.717) is 23.6 Å². The van der Waals surface area contributed by atoms with Gasteiger partial charge in [0.05, 0.1) is 12.2 Å². The largest absolute Gasteiger partial charge is 0.493 e. The molecule has 1 amide bonds. The number of benzene rings is 1. The zero-order valence-electron chi connectivity index (χ0n) is 16.0. The first-order chi connectivity index (χ1) is 13.0. The predicted octanol–water partition coefficient (Wildman–Crippen LogP) is 4.10. The zero-order valence-corrected chi connectivity index (χ0v) is 16.8. The molecule has 27 heavy (non-hydrogen) atoms. The van der Waals surface area contributed by atoms with Crippen LogP contribution in [0.4, 0.5) is 5.00 Å². The quantitative estimate of drug-likeness (QED) is 0.787. The lowest BCUT2D eigenvalue weighted by Gasteiger charge is -2.18. The van der Waals surface area contributed by atoms with E-state index in [1.165, 1.54) is 11.3 Å². The molecule has 0 radical (unpaired) electrons. The van der Waals surface area contributed by atoms with Crippen molar-refractivity contribution >= 4 is 22.2 Å². The van der Waals surface area contributed by atoms with Crippen molar-refractivity contribution in [2.75, 3.05) is 18.5 Å². The Morgan fingerprint density at radius 3 is 3.04 bits per heavy atom. The highest BCUT2D eigenvalue weighted by molar-refractivity contribution is 7.16. The summed E-state index contributed by atoms with van der Waals surface area (Å²) in [6.07, 6.45) is 1.18. The summed E-state index contributed by atoms with van der Waals surface area (Å²) < 4.78 is 5.80. The Balaban J connectivity index is 1.75. The second-order valence-corrected chi connectivity index (χ2v) is 7.93. The van der Waals surface area contributed by atoms with Crippen LogP contribution in [-0.4, -0.2) is 19.1 Å². The third-order valence-electron chi connectivity index (χ3n) is 4.85. The molecule has 2 N–H and O–H groups in total. The first-order valence-electron chi connectivity index (χ1n) is 9.32. The molecule has 1 aliphatic heterocycles. The molecule has 5 nitrogen and oxygen atoms in total. The summed E-state index contributed by atoms with van der Waals surface area (Å²) in [6.45, 7) is 8.25. The Kier molecular flexibility index (Phi) is 6.15. The van der Waals surface area contributed by atoms with E-state index in [4.69, 9.17) is 4.74 Å². The molecule has 1 aromatic carbocycles. The fraction of sp³-hybridized carbons (Fsp3) is 0.429. The molecule has 0 saturated carbocycles. The topological polar surface area (TPSA) is 74.1 Å². The molecule has 2 heterocycles. The van der Waals surface area contributed by atoms with Crippen molar-refractivity contribution in [1.82, 2.24) is 5.32 Å². The minimum absolute atomic E-state index is 0.0215. The van der Waals surface area contributed by atoms with Gasteiger partial charge in [0.25, 0.3) is 0 Å². The van der Waals surface area contributed by atoms with E-state index in [9.17, 15) is 10.1 Å². The number of nitrogens with one attached hydrogen (secondary N) is 2. The average molecular weight is 384 g/mol. The van der Waals surface area contributed by atoms with Crippen LogP contribution in [0.5, 0.6) is 5.75 Å². The van der Waals surface area contributed by atoms with Gasteiger partial charge in [0.1, 0.15) is 16.8 Å². The SMILES string of the molecule is CCOc1c(C)cccc1C(C)CC(=O)Nc1sc2c(c1C#N)CCNC2. The number of carbonyl (C=O) groups is 1. The Labute approximate surface area is 164 Å². The summed E-state index contributed by atoms with van der Waals surface area (Å²) in [5, 5.41) is 16.5. The molecule has 1 unspecified atom stereocenters. The van der Waals surface area contributed by atoms with E-state index in [0.717, 1.165) is 46.8 Å². The number of anilines is 1. The molecule has 0 aliphatic carbocycles. The van der Waals surface area contributed by atoms with Crippen molar-refractivity contribution in [1.29, 1.82) is 5.26 Å². The van der Waals surface area contributed by atoms with Crippen molar-refractivity contribution in [3.63, 3.8) is 0 Å². The molecule has 142 valence electrons. The standard InChI is InChI=1S/C21H25N3O2S/c1-4-26-20-13(2)6-5-7-15(20)14(3)10-19(25)24-21-17(11-22)16-8-9-23-12-18(16)27-21/h5-7,14,23H,4,8-10,12H2,1-3H3,(H,24,25). The van der Waals surface area contributed by atoms with Gasteiger partial charge in [-0.2, -0.15) is 5.26 Å². The number of fused-ring (bicyclic) bond motifs is 1. The number of hydrogen-bond donors (Lipinski definition) is 2. The molecular formula is C21H25N3O2S. The van der Waals surface area contributed by atoms with Gasteiger partial charge in [-0.1, -0.05) is 25.1 Å². The number of para-hydroxylation sites is 1. The van der Waals surface area contributed by atoms with Crippen molar-refractivity contribution in [2.45, 2.75) is 46.1 Å². The highest BCUT2D eigenvalue weighted by Gasteiger charge is 2.23. The maximum absolute atomic E-state index is 12.7. The van der Waals surface area contributed by atoms with Gasteiger partial charge >= 0.3 is 0 Å². The summed E-state index contributed by atoms with van der Waals surface area (Å²) in [4.78, 5) is 13.8. The molecule has 0 bridgehead atoms. The monoisotopic (exact) mass is 383 g/mol. The highest BCUT2D eigenvalue weighted by atomic mass is 32.1. The Hall–Kier alpha value is -2.36. The Morgan fingerprint density at radius 1 is 1.48 bits per heavy atom. The molecule has 0 saturated heterocycles. The maximum Gasteiger partial charge on any atom is 0.225 e. The van der Waals surface area contributed by atoms with Crippen LogP contribution in [0.25, 0.3) is 0 Å². The molecule has 0 spiro atoms. The number of amides is 1. The number of hydrogen-bond acceptors (Lipinski definition) is 5. The number of carbonyl (C=O) groups excluding carboxylic acids is 1. The molecule has 3 rings (SSSR count). The molecule has 1 aromatic heterocycles. The molecule has 1 aliphatic rings. The lowest BCUT2D eigenvalue weighted by Crippen LogP contribution is -2.22. The minimum atomic E-state index is -0.0745.